The molecule has 0 amide bonds. The van der Waals surface area contributed by atoms with Crippen molar-refractivity contribution in [2.75, 3.05) is 10.6 Å². The van der Waals surface area contributed by atoms with Crippen LogP contribution < -0.4 is 10.6 Å². The maximum atomic E-state index is 14.0. The summed E-state index contributed by atoms with van der Waals surface area (Å²) < 4.78 is 69.5. The highest BCUT2D eigenvalue weighted by Crippen LogP contribution is 2.26. The fraction of sp³-hybridized carbons (Fsp3) is 0.238. The number of hydrogen-bond acceptors (Lipinski definition) is 2. The Labute approximate surface area is 181 Å². The molecule has 31 heavy (non-hydrogen) atoms. The first-order chi connectivity index (χ1) is 14.6. The van der Waals surface area contributed by atoms with Gasteiger partial charge < -0.3 is 10.6 Å². The predicted octanol–water partition coefficient (Wildman–Crippen LogP) is 5.62. The number of thiocarbonyl (C=S) groups is 1. The largest absolute Gasteiger partial charge is 0.332 e. The Balaban J connectivity index is 1.86. The molecule has 10 heteroatoms. The number of nitrogens with zero attached hydrogens (tertiary/aromatic N) is 2. The fourth-order valence-corrected chi connectivity index (χ4v) is 3.40. The normalized spacial score (nSPS) is 11.0. The highest BCUT2D eigenvalue weighted by atomic mass is 32.1. The average Bonchev–Trinajstić information content (AvgIpc) is 3.01. The van der Waals surface area contributed by atoms with E-state index in [0.29, 0.717) is 17.1 Å². The zero-order valence-corrected chi connectivity index (χ0v) is 17.7. The Kier molecular flexibility index (Phi) is 6.59. The van der Waals surface area contributed by atoms with Gasteiger partial charge in [0.2, 0.25) is 5.82 Å². The minimum absolute atomic E-state index is 0.267. The molecule has 2 aromatic carbocycles. The summed E-state index contributed by atoms with van der Waals surface area (Å²) in [6.45, 7) is 4.59. The maximum Gasteiger partial charge on any atom is 0.200 e. The Bertz CT molecular complexity index is 1130. The molecule has 1 aromatic heterocycles. The van der Waals surface area contributed by atoms with Crippen LogP contribution in [0.15, 0.2) is 24.3 Å². The van der Waals surface area contributed by atoms with Gasteiger partial charge in [-0.2, -0.15) is 5.10 Å². The second kappa shape index (κ2) is 9.01. The number of benzene rings is 2. The van der Waals surface area contributed by atoms with Gasteiger partial charge in [0.05, 0.1) is 29.2 Å². The van der Waals surface area contributed by atoms with E-state index in [1.54, 1.807) is 13.8 Å². The van der Waals surface area contributed by atoms with E-state index in [4.69, 9.17) is 12.2 Å². The number of halogens is 5. The van der Waals surface area contributed by atoms with Crippen molar-refractivity contribution in [2.45, 2.75) is 33.7 Å². The van der Waals surface area contributed by atoms with Crippen LogP contribution in [0.2, 0.25) is 0 Å². The molecule has 1 heterocycles. The van der Waals surface area contributed by atoms with Crippen molar-refractivity contribution in [3.63, 3.8) is 0 Å². The van der Waals surface area contributed by atoms with Gasteiger partial charge in [-0.05, 0) is 44.1 Å². The van der Waals surface area contributed by atoms with Crippen molar-refractivity contribution in [3.05, 3.63) is 75.9 Å². The number of aryl methyl sites for hydroxylation is 2. The molecule has 164 valence electrons. The van der Waals surface area contributed by atoms with Crippen LogP contribution in [-0.4, -0.2) is 14.9 Å². The highest BCUT2D eigenvalue weighted by Gasteiger charge is 2.26. The van der Waals surface area contributed by atoms with Gasteiger partial charge in [-0.3, -0.25) is 4.68 Å². The summed E-state index contributed by atoms with van der Waals surface area (Å²) in [6.07, 6.45) is 0.795. The van der Waals surface area contributed by atoms with Gasteiger partial charge in [0, 0.05) is 5.69 Å². The predicted molar refractivity (Wildman–Crippen MR) is 113 cm³/mol. The molecule has 0 aliphatic rings. The number of rotatable bonds is 5. The molecule has 0 aliphatic heterocycles. The number of nitrogens with one attached hydrogen (secondary N) is 2. The minimum atomic E-state index is -2.20. The molecule has 2 N–H and O–H groups in total. The SMILES string of the molecule is CCc1ccccc1NC(=S)Nc1c(C)nn(Cc2c(F)c(F)c(F)c(F)c2F)c1C. The quantitative estimate of drug-likeness (QED) is 0.227. The maximum absolute atomic E-state index is 14.0. The summed E-state index contributed by atoms with van der Waals surface area (Å²) in [6, 6.07) is 7.61. The monoisotopic (exact) mass is 454 g/mol. The van der Waals surface area contributed by atoms with Gasteiger partial charge in [0.15, 0.2) is 28.4 Å². The van der Waals surface area contributed by atoms with Crippen LogP contribution in [0, 0.1) is 42.9 Å². The van der Waals surface area contributed by atoms with Gasteiger partial charge in [0.25, 0.3) is 0 Å². The van der Waals surface area contributed by atoms with E-state index in [9.17, 15) is 22.0 Å². The van der Waals surface area contributed by atoms with Crippen LogP contribution in [0.4, 0.5) is 33.3 Å². The Morgan fingerprint density at radius 3 is 2.13 bits per heavy atom. The van der Waals surface area contributed by atoms with Crippen molar-refractivity contribution in [1.82, 2.24) is 9.78 Å². The third-order valence-electron chi connectivity index (χ3n) is 4.88. The van der Waals surface area contributed by atoms with Crippen molar-refractivity contribution >= 4 is 28.7 Å². The van der Waals surface area contributed by atoms with E-state index in [1.807, 2.05) is 31.2 Å². The van der Waals surface area contributed by atoms with E-state index < -0.39 is 41.2 Å². The lowest BCUT2D eigenvalue weighted by atomic mass is 10.1. The number of anilines is 2. The second-order valence-corrected chi connectivity index (χ2v) is 7.25. The van der Waals surface area contributed by atoms with Crippen LogP contribution in [0.25, 0.3) is 0 Å². The third-order valence-corrected chi connectivity index (χ3v) is 5.08. The topological polar surface area (TPSA) is 41.9 Å². The van der Waals surface area contributed by atoms with Crippen LogP contribution >= 0.6 is 12.2 Å². The molecule has 3 rings (SSSR count). The smallest absolute Gasteiger partial charge is 0.200 e. The molecule has 0 saturated heterocycles. The van der Waals surface area contributed by atoms with Crippen molar-refractivity contribution in [2.24, 2.45) is 0 Å². The van der Waals surface area contributed by atoms with E-state index in [1.165, 1.54) is 0 Å². The molecule has 0 radical (unpaired) electrons. The molecule has 0 spiro atoms. The summed E-state index contributed by atoms with van der Waals surface area (Å²) in [4.78, 5) is 0. The van der Waals surface area contributed by atoms with Crippen molar-refractivity contribution in [3.8, 4) is 0 Å². The van der Waals surface area contributed by atoms with Gasteiger partial charge in [-0.25, -0.2) is 22.0 Å². The molecule has 0 saturated carbocycles. The minimum Gasteiger partial charge on any atom is -0.332 e. The number of aromatic nitrogens is 2. The molecule has 0 aliphatic carbocycles. The van der Waals surface area contributed by atoms with Gasteiger partial charge in [-0.1, -0.05) is 25.1 Å². The van der Waals surface area contributed by atoms with Crippen LogP contribution in [0.3, 0.4) is 0 Å². The first-order valence-corrected chi connectivity index (χ1v) is 9.76. The lowest BCUT2D eigenvalue weighted by molar-refractivity contribution is 0.366. The van der Waals surface area contributed by atoms with E-state index in [-0.39, 0.29) is 5.11 Å². The lowest BCUT2D eigenvalue weighted by Crippen LogP contribution is -2.20. The molecule has 0 bridgehead atoms. The Morgan fingerprint density at radius 2 is 1.52 bits per heavy atom. The molecular formula is C21H19F5N4S. The summed E-state index contributed by atoms with van der Waals surface area (Å²) in [5.74, 6) is -9.95. The molecule has 0 unspecified atom stereocenters. The number of para-hydroxylation sites is 1. The summed E-state index contributed by atoms with van der Waals surface area (Å²) >= 11 is 5.35. The number of hydrogen-bond donors (Lipinski definition) is 2. The zero-order valence-electron chi connectivity index (χ0n) is 16.9. The van der Waals surface area contributed by atoms with Crippen LogP contribution in [-0.2, 0) is 13.0 Å². The van der Waals surface area contributed by atoms with E-state index in [0.717, 1.165) is 22.4 Å². The van der Waals surface area contributed by atoms with Gasteiger partial charge >= 0.3 is 0 Å². The Hall–Kier alpha value is -3.01. The molecular weight excluding hydrogens is 435 g/mol. The average molecular weight is 454 g/mol. The fourth-order valence-electron chi connectivity index (χ4n) is 3.19. The van der Waals surface area contributed by atoms with Crippen molar-refractivity contribution < 1.29 is 22.0 Å². The molecule has 0 fully saturated rings. The zero-order chi connectivity index (χ0) is 22.9. The van der Waals surface area contributed by atoms with Crippen molar-refractivity contribution in [1.29, 1.82) is 0 Å². The first kappa shape index (κ1) is 22.7. The highest BCUT2D eigenvalue weighted by molar-refractivity contribution is 7.80. The standard InChI is InChI=1S/C21H19F5N4S/c1-4-12-7-5-6-8-14(12)27-21(31)28-20-10(2)29-30(11(20)3)9-13-15(22)17(24)19(26)18(25)16(13)23/h5-8H,4,9H2,1-3H3,(H2,27,28,31). The molecule has 0 atom stereocenters. The second-order valence-electron chi connectivity index (χ2n) is 6.84. The molecule has 4 nitrogen and oxygen atoms in total. The van der Waals surface area contributed by atoms with Crippen LogP contribution in [0.5, 0.6) is 0 Å². The Morgan fingerprint density at radius 1 is 0.935 bits per heavy atom. The summed E-state index contributed by atoms with van der Waals surface area (Å²) in [5.41, 5.74) is 2.24. The van der Waals surface area contributed by atoms with E-state index in [2.05, 4.69) is 15.7 Å². The van der Waals surface area contributed by atoms with E-state index >= 15 is 0 Å². The van der Waals surface area contributed by atoms with Gasteiger partial charge in [0.1, 0.15) is 0 Å². The summed E-state index contributed by atoms with van der Waals surface area (Å²) in [5, 5.41) is 10.5. The van der Waals surface area contributed by atoms with Crippen LogP contribution in [0.1, 0.15) is 29.4 Å². The molecule has 3 aromatic rings. The lowest BCUT2D eigenvalue weighted by Gasteiger charge is -2.14. The first-order valence-electron chi connectivity index (χ1n) is 9.35. The summed E-state index contributed by atoms with van der Waals surface area (Å²) in [7, 11) is 0. The third kappa shape index (κ3) is 4.39. The van der Waals surface area contributed by atoms with Gasteiger partial charge in [-0.15, -0.1) is 0 Å².